The van der Waals surface area contributed by atoms with Gasteiger partial charge in [-0.25, -0.2) is 0 Å². The Kier molecular flexibility index (Phi) is 3.40. The number of nitrogens with two attached hydrogens (primary N) is 1. The monoisotopic (exact) mass is 188 g/mol. The summed E-state index contributed by atoms with van der Waals surface area (Å²) in [6.07, 6.45) is 4.39. The van der Waals surface area contributed by atoms with E-state index in [0.29, 0.717) is 11.3 Å². The van der Waals surface area contributed by atoms with Gasteiger partial charge in [-0.3, -0.25) is 4.79 Å². The number of carbonyl (C=O) groups is 1. The van der Waals surface area contributed by atoms with Gasteiger partial charge in [-0.1, -0.05) is 0 Å². The lowest BCUT2D eigenvalue weighted by Gasteiger charge is -2.36. The molecule has 1 rings (SSSR count). The van der Waals surface area contributed by atoms with Gasteiger partial charge in [-0.15, -0.1) is 0 Å². The molecule has 0 saturated heterocycles. The molecule has 4 heteroatoms. The van der Waals surface area contributed by atoms with Gasteiger partial charge in [0.2, 0.25) is 5.91 Å². The van der Waals surface area contributed by atoms with E-state index in [2.05, 4.69) is 11.6 Å². The lowest BCUT2D eigenvalue weighted by atomic mass is 9.92. The van der Waals surface area contributed by atoms with E-state index in [-0.39, 0.29) is 11.9 Å². The van der Waals surface area contributed by atoms with Crippen LogP contribution in [0.25, 0.3) is 0 Å². The van der Waals surface area contributed by atoms with E-state index in [1.807, 2.05) is 11.8 Å². The highest BCUT2D eigenvalue weighted by molar-refractivity contribution is 7.99. The van der Waals surface area contributed by atoms with E-state index in [1.54, 1.807) is 6.92 Å². The van der Waals surface area contributed by atoms with Gasteiger partial charge in [0.05, 0.1) is 6.04 Å². The van der Waals surface area contributed by atoms with Crippen LogP contribution in [0.15, 0.2) is 0 Å². The molecule has 0 aromatic carbocycles. The van der Waals surface area contributed by atoms with E-state index in [1.165, 1.54) is 6.42 Å². The lowest BCUT2D eigenvalue weighted by Crippen LogP contribution is -2.52. The van der Waals surface area contributed by atoms with Gasteiger partial charge < -0.3 is 11.1 Å². The molecule has 0 aliphatic heterocycles. The second-order valence-corrected chi connectivity index (χ2v) is 4.33. The van der Waals surface area contributed by atoms with E-state index in [4.69, 9.17) is 5.73 Å². The first-order valence-corrected chi connectivity index (χ1v) is 5.52. The largest absolute Gasteiger partial charge is 0.351 e. The number of rotatable bonds is 3. The zero-order chi connectivity index (χ0) is 9.14. The van der Waals surface area contributed by atoms with Crippen molar-refractivity contribution < 1.29 is 4.79 Å². The van der Waals surface area contributed by atoms with Gasteiger partial charge in [-0.05, 0) is 26.0 Å². The molecule has 3 atom stereocenters. The van der Waals surface area contributed by atoms with Crippen molar-refractivity contribution in [1.82, 2.24) is 5.32 Å². The average molecular weight is 188 g/mol. The van der Waals surface area contributed by atoms with Crippen LogP contribution in [0, 0.1) is 0 Å². The average Bonchev–Trinajstić information content (AvgIpc) is 1.98. The predicted octanol–water partition coefficient (Wildman–Crippen LogP) is 0.344. The van der Waals surface area contributed by atoms with Crippen molar-refractivity contribution in [1.29, 1.82) is 0 Å². The molecule has 1 amide bonds. The summed E-state index contributed by atoms with van der Waals surface area (Å²) in [5.41, 5.74) is 5.43. The Morgan fingerprint density at radius 3 is 2.67 bits per heavy atom. The van der Waals surface area contributed by atoms with Crippen molar-refractivity contribution >= 4 is 17.7 Å². The second kappa shape index (κ2) is 4.14. The number of hydrogen-bond acceptors (Lipinski definition) is 3. The standard InChI is InChI=1S/C8H16N2OS/c1-5(9)8(11)10-6-3-4-7(6)12-2/h5-7H,3-4,9H2,1-2H3,(H,10,11)/t5-,6?,7?/m1/s1. The van der Waals surface area contributed by atoms with Crippen LogP contribution in [0.1, 0.15) is 19.8 Å². The van der Waals surface area contributed by atoms with E-state index in [0.717, 1.165) is 6.42 Å². The third-order valence-electron chi connectivity index (χ3n) is 2.25. The maximum absolute atomic E-state index is 11.2. The van der Waals surface area contributed by atoms with Crippen LogP contribution < -0.4 is 11.1 Å². The second-order valence-electron chi connectivity index (χ2n) is 3.26. The number of thioether (sulfide) groups is 1. The van der Waals surface area contributed by atoms with Crippen LogP contribution in [0.3, 0.4) is 0 Å². The molecule has 12 heavy (non-hydrogen) atoms. The maximum Gasteiger partial charge on any atom is 0.236 e. The quantitative estimate of drug-likeness (QED) is 0.671. The van der Waals surface area contributed by atoms with Crippen LogP contribution in [-0.4, -0.2) is 29.5 Å². The highest BCUT2D eigenvalue weighted by Gasteiger charge is 2.31. The Labute approximate surface area is 77.5 Å². The summed E-state index contributed by atoms with van der Waals surface area (Å²) in [7, 11) is 0. The fourth-order valence-corrected chi connectivity index (χ4v) is 2.14. The summed E-state index contributed by atoms with van der Waals surface area (Å²) < 4.78 is 0. The summed E-state index contributed by atoms with van der Waals surface area (Å²) >= 11 is 1.82. The van der Waals surface area contributed by atoms with Crippen molar-refractivity contribution in [2.45, 2.75) is 37.1 Å². The molecule has 3 N–H and O–H groups in total. The van der Waals surface area contributed by atoms with Gasteiger partial charge in [-0.2, -0.15) is 11.8 Å². The number of nitrogens with one attached hydrogen (secondary N) is 1. The van der Waals surface area contributed by atoms with E-state index in [9.17, 15) is 4.79 Å². The van der Waals surface area contributed by atoms with Crippen molar-refractivity contribution in [3.63, 3.8) is 0 Å². The zero-order valence-electron chi connectivity index (χ0n) is 7.54. The highest BCUT2D eigenvalue weighted by atomic mass is 32.2. The molecule has 1 saturated carbocycles. The Morgan fingerprint density at radius 1 is 1.67 bits per heavy atom. The number of amides is 1. The minimum atomic E-state index is -0.381. The zero-order valence-corrected chi connectivity index (χ0v) is 8.36. The molecule has 0 spiro atoms. The van der Waals surface area contributed by atoms with Crippen LogP contribution in [0.2, 0.25) is 0 Å². The first kappa shape index (κ1) is 9.86. The van der Waals surface area contributed by atoms with Crippen LogP contribution in [-0.2, 0) is 4.79 Å². The normalized spacial score (nSPS) is 30.6. The maximum atomic E-state index is 11.2. The molecule has 1 aliphatic rings. The molecule has 0 heterocycles. The predicted molar refractivity (Wildman–Crippen MR) is 52.1 cm³/mol. The molecular formula is C8H16N2OS. The minimum Gasteiger partial charge on any atom is -0.351 e. The van der Waals surface area contributed by atoms with Crippen molar-refractivity contribution in [3.05, 3.63) is 0 Å². The summed E-state index contributed by atoms with van der Waals surface area (Å²) in [5.74, 6) is -0.0289. The minimum absolute atomic E-state index is 0.0289. The molecule has 0 radical (unpaired) electrons. The number of carbonyl (C=O) groups excluding carboxylic acids is 1. The molecule has 2 unspecified atom stereocenters. The van der Waals surface area contributed by atoms with Crippen molar-refractivity contribution in [2.24, 2.45) is 5.73 Å². The van der Waals surface area contributed by atoms with Gasteiger partial charge in [0.1, 0.15) is 0 Å². The van der Waals surface area contributed by atoms with Crippen LogP contribution >= 0.6 is 11.8 Å². The molecule has 0 aromatic heterocycles. The summed E-state index contributed by atoms with van der Waals surface area (Å²) in [5, 5.41) is 3.54. The van der Waals surface area contributed by atoms with Gasteiger partial charge in [0.15, 0.2) is 0 Å². The highest BCUT2D eigenvalue weighted by Crippen LogP contribution is 2.29. The summed E-state index contributed by atoms with van der Waals surface area (Å²) in [6.45, 7) is 1.71. The topological polar surface area (TPSA) is 55.1 Å². The summed E-state index contributed by atoms with van der Waals surface area (Å²) in [4.78, 5) is 11.2. The van der Waals surface area contributed by atoms with Crippen molar-refractivity contribution in [3.8, 4) is 0 Å². The van der Waals surface area contributed by atoms with Gasteiger partial charge in [0.25, 0.3) is 0 Å². The van der Waals surface area contributed by atoms with Gasteiger partial charge >= 0.3 is 0 Å². The Bertz CT molecular complexity index is 170. The molecular weight excluding hydrogens is 172 g/mol. The molecule has 70 valence electrons. The Balaban J connectivity index is 2.27. The first-order chi connectivity index (χ1) is 5.65. The Hall–Kier alpha value is -0.220. The van der Waals surface area contributed by atoms with E-state index >= 15 is 0 Å². The smallest absolute Gasteiger partial charge is 0.236 e. The van der Waals surface area contributed by atoms with Crippen LogP contribution in [0.4, 0.5) is 0 Å². The molecule has 0 aromatic rings. The molecule has 1 fully saturated rings. The van der Waals surface area contributed by atoms with Crippen molar-refractivity contribution in [2.75, 3.05) is 6.26 Å². The van der Waals surface area contributed by atoms with Crippen LogP contribution in [0.5, 0.6) is 0 Å². The fourth-order valence-electron chi connectivity index (χ4n) is 1.23. The van der Waals surface area contributed by atoms with Gasteiger partial charge in [0, 0.05) is 11.3 Å². The summed E-state index contributed by atoms with van der Waals surface area (Å²) in [6, 6.07) is -0.0217. The fraction of sp³-hybridized carbons (Fsp3) is 0.875. The number of hydrogen-bond donors (Lipinski definition) is 2. The molecule has 1 aliphatic carbocycles. The molecule has 0 bridgehead atoms. The first-order valence-electron chi connectivity index (χ1n) is 4.24. The molecule has 3 nitrogen and oxygen atoms in total. The third kappa shape index (κ3) is 2.14. The Morgan fingerprint density at radius 2 is 2.33 bits per heavy atom. The SMILES string of the molecule is CSC1CCC1NC(=O)[C@@H](C)N. The van der Waals surface area contributed by atoms with E-state index < -0.39 is 0 Å². The third-order valence-corrected chi connectivity index (χ3v) is 3.42. The lowest BCUT2D eigenvalue weighted by molar-refractivity contribution is -0.123.